The van der Waals surface area contributed by atoms with E-state index in [1.807, 2.05) is 0 Å². The lowest BCUT2D eigenvalue weighted by molar-refractivity contribution is 0.138. The van der Waals surface area contributed by atoms with Gasteiger partial charge < -0.3 is 10.2 Å². The Morgan fingerprint density at radius 1 is 1.23 bits per heavy atom. The van der Waals surface area contributed by atoms with Crippen LogP contribution in [0.2, 0.25) is 0 Å². The molecule has 0 heterocycles. The third kappa shape index (κ3) is 2.57. The number of rotatable bonds is 3. The lowest BCUT2D eigenvalue weighted by Crippen LogP contribution is -1.94. The maximum Gasteiger partial charge on any atom is 0.239 e. The molecule has 0 saturated carbocycles. The minimum atomic E-state index is -2.39. The second-order valence-electron chi connectivity index (χ2n) is 2.71. The molecule has 0 aliphatic rings. The fourth-order valence-electron chi connectivity index (χ4n) is 1.04. The lowest BCUT2D eigenvalue weighted by atomic mass is 10.1. The quantitative estimate of drug-likeness (QED) is 0.714. The molecule has 13 heavy (non-hydrogen) atoms. The van der Waals surface area contributed by atoms with Gasteiger partial charge in [0, 0.05) is 6.42 Å². The topological polar surface area (TPSA) is 40.5 Å². The Morgan fingerprint density at radius 2 is 1.92 bits per heavy atom. The highest BCUT2D eigenvalue weighted by atomic mass is 19.3. The van der Waals surface area contributed by atoms with Crippen LogP contribution < -0.4 is 0 Å². The first-order chi connectivity index (χ1) is 6.11. The van der Waals surface area contributed by atoms with Gasteiger partial charge in [-0.15, -0.1) is 0 Å². The maximum absolute atomic E-state index is 11.8. The highest BCUT2D eigenvalue weighted by Gasteiger charge is 2.08. The highest BCUT2D eigenvalue weighted by molar-refractivity contribution is 5.44. The van der Waals surface area contributed by atoms with Crippen LogP contribution in [0.25, 0.3) is 0 Å². The van der Waals surface area contributed by atoms with Crippen LogP contribution >= 0.6 is 0 Å². The van der Waals surface area contributed by atoms with Gasteiger partial charge in [-0.1, -0.05) is 12.1 Å². The summed E-state index contributed by atoms with van der Waals surface area (Å²) in [6.07, 6.45) is -2.63. The van der Waals surface area contributed by atoms with Crippen LogP contribution in [0.1, 0.15) is 12.0 Å². The second kappa shape index (κ2) is 4.07. The molecule has 0 aromatic heterocycles. The molecule has 0 aliphatic heterocycles. The molecule has 0 saturated heterocycles. The van der Waals surface area contributed by atoms with Crippen molar-refractivity contribution >= 4 is 0 Å². The molecule has 4 heteroatoms. The first-order valence-corrected chi connectivity index (χ1v) is 3.89. The number of aromatic hydroxyl groups is 2. The van der Waals surface area contributed by atoms with Crippen molar-refractivity contribution in [1.29, 1.82) is 0 Å². The Kier molecular flexibility index (Phi) is 3.06. The zero-order valence-corrected chi connectivity index (χ0v) is 6.87. The summed E-state index contributed by atoms with van der Waals surface area (Å²) in [5.74, 6) is -0.574. The van der Waals surface area contributed by atoms with Crippen molar-refractivity contribution in [2.75, 3.05) is 0 Å². The minimum absolute atomic E-state index is 0.0674. The third-order valence-corrected chi connectivity index (χ3v) is 1.73. The van der Waals surface area contributed by atoms with Crippen LogP contribution in [0.3, 0.4) is 0 Å². The van der Waals surface area contributed by atoms with Gasteiger partial charge in [0.05, 0.1) is 0 Å². The normalized spacial score (nSPS) is 10.7. The number of hydrogen-bond acceptors (Lipinski definition) is 2. The second-order valence-corrected chi connectivity index (χ2v) is 2.71. The van der Waals surface area contributed by atoms with Crippen LogP contribution in [0.4, 0.5) is 8.78 Å². The summed E-state index contributed by atoms with van der Waals surface area (Å²) in [4.78, 5) is 0. The van der Waals surface area contributed by atoms with Gasteiger partial charge in [-0.25, -0.2) is 8.78 Å². The van der Waals surface area contributed by atoms with E-state index in [-0.39, 0.29) is 24.3 Å². The van der Waals surface area contributed by atoms with Gasteiger partial charge in [-0.05, 0) is 18.1 Å². The molecule has 72 valence electrons. The number of halogens is 2. The molecule has 0 radical (unpaired) electrons. The molecule has 2 nitrogen and oxygen atoms in total. The summed E-state index contributed by atoms with van der Waals surface area (Å²) in [6.45, 7) is 0. The number of para-hydroxylation sites is 1. The SMILES string of the molecule is Oc1cccc(CCC(F)F)c1O. The molecule has 0 aliphatic carbocycles. The molecule has 2 N–H and O–H groups in total. The van der Waals surface area contributed by atoms with Crippen molar-refractivity contribution in [3.8, 4) is 11.5 Å². The van der Waals surface area contributed by atoms with Crippen LogP contribution in [-0.4, -0.2) is 16.6 Å². The predicted molar refractivity (Wildman–Crippen MR) is 44.1 cm³/mol. The van der Waals surface area contributed by atoms with E-state index in [1.165, 1.54) is 18.2 Å². The molecule has 1 aromatic rings. The van der Waals surface area contributed by atoms with Gasteiger partial charge in [-0.3, -0.25) is 0 Å². The van der Waals surface area contributed by atoms with E-state index in [2.05, 4.69) is 0 Å². The Labute approximate surface area is 74.4 Å². The number of benzene rings is 1. The van der Waals surface area contributed by atoms with E-state index in [9.17, 15) is 13.9 Å². The number of aryl methyl sites for hydroxylation is 1. The fraction of sp³-hybridized carbons (Fsp3) is 0.333. The summed E-state index contributed by atoms with van der Waals surface area (Å²) in [6, 6.07) is 4.33. The zero-order chi connectivity index (χ0) is 9.84. The number of phenolic OH excluding ortho intramolecular Hbond substituents is 2. The average molecular weight is 188 g/mol. The summed E-state index contributed by atoms with van der Waals surface area (Å²) in [5, 5.41) is 18.2. The van der Waals surface area contributed by atoms with Crippen molar-refractivity contribution in [3.05, 3.63) is 23.8 Å². The maximum atomic E-state index is 11.8. The fourth-order valence-corrected chi connectivity index (χ4v) is 1.04. The van der Waals surface area contributed by atoms with Gasteiger partial charge in [0.15, 0.2) is 11.5 Å². The van der Waals surface area contributed by atoms with Crippen molar-refractivity contribution in [2.45, 2.75) is 19.3 Å². The monoisotopic (exact) mass is 188 g/mol. The summed E-state index contributed by atoms with van der Waals surface area (Å²) >= 11 is 0. The van der Waals surface area contributed by atoms with E-state index in [0.29, 0.717) is 5.56 Å². The lowest BCUT2D eigenvalue weighted by Gasteiger charge is -2.04. The standard InChI is InChI=1S/C9H10F2O2/c10-8(11)5-4-6-2-1-3-7(12)9(6)13/h1-3,8,12-13H,4-5H2. The highest BCUT2D eigenvalue weighted by Crippen LogP contribution is 2.29. The largest absolute Gasteiger partial charge is 0.504 e. The van der Waals surface area contributed by atoms with Crippen LogP contribution in [0, 0.1) is 0 Å². The summed E-state index contributed by atoms with van der Waals surface area (Å²) in [5.41, 5.74) is 0.348. The molecule has 0 atom stereocenters. The zero-order valence-electron chi connectivity index (χ0n) is 6.87. The predicted octanol–water partition coefficient (Wildman–Crippen LogP) is 2.30. The molecule has 0 bridgehead atoms. The van der Waals surface area contributed by atoms with Crippen LogP contribution in [-0.2, 0) is 6.42 Å². The minimum Gasteiger partial charge on any atom is -0.504 e. The molecular weight excluding hydrogens is 178 g/mol. The van der Waals surface area contributed by atoms with Gasteiger partial charge >= 0.3 is 0 Å². The van der Waals surface area contributed by atoms with Crippen molar-refractivity contribution in [2.24, 2.45) is 0 Å². The van der Waals surface area contributed by atoms with E-state index >= 15 is 0 Å². The van der Waals surface area contributed by atoms with E-state index in [1.54, 1.807) is 0 Å². The first-order valence-electron chi connectivity index (χ1n) is 3.89. The van der Waals surface area contributed by atoms with Crippen molar-refractivity contribution < 1.29 is 19.0 Å². The molecule has 0 unspecified atom stereocenters. The Balaban J connectivity index is 2.71. The van der Waals surface area contributed by atoms with Crippen molar-refractivity contribution in [3.63, 3.8) is 0 Å². The number of hydrogen-bond donors (Lipinski definition) is 2. The van der Waals surface area contributed by atoms with Gasteiger partial charge in [0.25, 0.3) is 0 Å². The average Bonchev–Trinajstić information content (AvgIpc) is 2.07. The first kappa shape index (κ1) is 9.77. The third-order valence-electron chi connectivity index (χ3n) is 1.73. The Hall–Kier alpha value is -1.32. The molecule has 0 fully saturated rings. The Bertz CT molecular complexity index is 287. The van der Waals surface area contributed by atoms with Crippen LogP contribution in [0.5, 0.6) is 11.5 Å². The number of alkyl halides is 2. The molecule has 0 spiro atoms. The Morgan fingerprint density at radius 3 is 2.54 bits per heavy atom. The molecule has 1 rings (SSSR count). The van der Waals surface area contributed by atoms with Gasteiger partial charge in [-0.2, -0.15) is 0 Å². The van der Waals surface area contributed by atoms with Crippen molar-refractivity contribution in [1.82, 2.24) is 0 Å². The van der Waals surface area contributed by atoms with Gasteiger partial charge in [0.2, 0.25) is 6.43 Å². The summed E-state index contributed by atoms with van der Waals surface area (Å²) in [7, 11) is 0. The molecular formula is C9H10F2O2. The molecule has 0 amide bonds. The van der Waals surface area contributed by atoms with Gasteiger partial charge in [0.1, 0.15) is 0 Å². The van der Waals surface area contributed by atoms with Crippen LogP contribution in [0.15, 0.2) is 18.2 Å². The smallest absolute Gasteiger partial charge is 0.239 e. The molecule has 1 aromatic carbocycles. The number of phenols is 2. The van der Waals surface area contributed by atoms with E-state index in [4.69, 9.17) is 5.11 Å². The van der Waals surface area contributed by atoms with E-state index < -0.39 is 6.43 Å². The van der Waals surface area contributed by atoms with E-state index in [0.717, 1.165) is 0 Å². The summed E-state index contributed by atoms with van der Waals surface area (Å²) < 4.78 is 23.6.